The molecule has 0 fully saturated rings. The Labute approximate surface area is 134 Å². The highest BCUT2D eigenvalue weighted by atomic mass is 16.9. The van der Waals surface area contributed by atoms with Gasteiger partial charge in [-0.2, -0.15) is 0 Å². The average Bonchev–Trinajstić information content (AvgIpc) is 2.51. The Morgan fingerprint density at radius 3 is 2.39 bits per heavy atom. The van der Waals surface area contributed by atoms with E-state index in [0.29, 0.717) is 19.3 Å². The van der Waals surface area contributed by atoms with E-state index in [-0.39, 0.29) is 19.0 Å². The fourth-order valence-electron chi connectivity index (χ4n) is 1.95. The molecule has 0 spiro atoms. The molecule has 0 aromatic heterocycles. The summed E-state index contributed by atoms with van der Waals surface area (Å²) in [6.07, 6.45) is 3.18. The second kappa shape index (κ2) is 10.4. The van der Waals surface area contributed by atoms with Crippen LogP contribution < -0.4 is 5.73 Å². The Morgan fingerprint density at radius 2 is 1.78 bits per heavy atom. The lowest BCUT2D eigenvalue weighted by Gasteiger charge is -2.11. The van der Waals surface area contributed by atoms with Crippen LogP contribution in [0, 0.1) is 10.1 Å². The second-order valence-corrected chi connectivity index (χ2v) is 5.12. The molecule has 0 saturated heterocycles. The Bertz CT molecular complexity index is 491. The van der Waals surface area contributed by atoms with Crippen molar-refractivity contribution < 1.29 is 24.6 Å². The van der Waals surface area contributed by atoms with Crippen LogP contribution in [0.15, 0.2) is 24.3 Å². The normalized spacial score (nSPS) is 11.7. The maximum absolute atomic E-state index is 11.7. The number of rotatable bonds is 11. The maximum Gasteiger partial charge on any atom is 0.323 e. The van der Waals surface area contributed by atoms with Crippen LogP contribution in [-0.2, 0) is 20.8 Å². The van der Waals surface area contributed by atoms with E-state index in [1.807, 2.05) is 0 Å². The summed E-state index contributed by atoms with van der Waals surface area (Å²) in [5.41, 5.74) is 6.62. The lowest BCUT2D eigenvalue weighted by molar-refractivity contribution is -0.757. The summed E-state index contributed by atoms with van der Waals surface area (Å²) < 4.78 is 5.09. The SMILES string of the molecule is NC(Cc1ccc(O)cc1)C(=O)OCCCCCCO[N+](=O)[O-]. The van der Waals surface area contributed by atoms with Crippen molar-refractivity contribution in [2.24, 2.45) is 5.73 Å². The van der Waals surface area contributed by atoms with Crippen molar-refractivity contribution >= 4 is 5.97 Å². The predicted octanol–water partition coefficient (Wildman–Crippen LogP) is 1.57. The fraction of sp³-hybridized carbons (Fsp3) is 0.533. The van der Waals surface area contributed by atoms with Gasteiger partial charge in [-0.15, -0.1) is 10.1 Å². The van der Waals surface area contributed by atoms with Crippen LogP contribution >= 0.6 is 0 Å². The zero-order chi connectivity index (χ0) is 17.1. The molecule has 1 aromatic carbocycles. The highest BCUT2D eigenvalue weighted by Crippen LogP contribution is 2.11. The minimum absolute atomic E-state index is 0.0876. The number of hydrogen-bond donors (Lipinski definition) is 2. The molecule has 0 aliphatic rings. The third-order valence-electron chi connectivity index (χ3n) is 3.17. The number of unbranched alkanes of at least 4 members (excludes halogenated alkanes) is 3. The molecule has 0 bridgehead atoms. The molecular weight excluding hydrogens is 304 g/mol. The van der Waals surface area contributed by atoms with Crippen molar-refractivity contribution in [3.05, 3.63) is 39.9 Å². The molecule has 8 nitrogen and oxygen atoms in total. The first-order valence-corrected chi connectivity index (χ1v) is 7.46. The molecule has 3 N–H and O–H groups in total. The largest absolute Gasteiger partial charge is 0.508 e. The third-order valence-corrected chi connectivity index (χ3v) is 3.17. The van der Waals surface area contributed by atoms with E-state index in [1.165, 1.54) is 12.1 Å². The molecule has 1 atom stereocenters. The number of carbonyl (C=O) groups excluding carboxylic acids is 1. The molecular formula is C15H22N2O6. The molecule has 1 rings (SSSR count). The van der Waals surface area contributed by atoms with Crippen LogP contribution in [-0.4, -0.2) is 35.4 Å². The van der Waals surface area contributed by atoms with Gasteiger partial charge in [0.25, 0.3) is 5.09 Å². The van der Waals surface area contributed by atoms with Crippen molar-refractivity contribution in [2.45, 2.75) is 38.1 Å². The van der Waals surface area contributed by atoms with Crippen molar-refractivity contribution in [2.75, 3.05) is 13.2 Å². The van der Waals surface area contributed by atoms with Gasteiger partial charge in [0.05, 0.1) is 13.2 Å². The summed E-state index contributed by atoms with van der Waals surface area (Å²) in [6, 6.07) is 5.74. The number of aromatic hydroxyl groups is 1. The van der Waals surface area contributed by atoms with Gasteiger partial charge in [-0.3, -0.25) is 4.79 Å². The van der Waals surface area contributed by atoms with E-state index in [4.69, 9.17) is 10.5 Å². The van der Waals surface area contributed by atoms with Crippen molar-refractivity contribution in [3.8, 4) is 5.75 Å². The predicted molar refractivity (Wildman–Crippen MR) is 82.2 cm³/mol. The van der Waals surface area contributed by atoms with Gasteiger partial charge in [0.15, 0.2) is 0 Å². The average molecular weight is 326 g/mol. The summed E-state index contributed by atoms with van der Waals surface area (Å²) >= 11 is 0. The van der Waals surface area contributed by atoms with E-state index in [0.717, 1.165) is 18.4 Å². The highest BCUT2D eigenvalue weighted by Gasteiger charge is 2.15. The maximum atomic E-state index is 11.7. The summed E-state index contributed by atoms with van der Waals surface area (Å²) in [5, 5.41) is 18.3. The number of phenolic OH excluding ortho intramolecular Hbond substituents is 1. The molecule has 0 aliphatic heterocycles. The minimum Gasteiger partial charge on any atom is -0.508 e. The van der Waals surface area contributed by atoms with Gasteiger partial charge in [-0.05, 0) is 43.4 Å². The zero-order valence-electron chi connectivity index (χ0n) is 12.8. The Kier molecular flexibility index (Phi) is 8.45. The van der Waals surface area contributed by atoms with Gasteiger partial charge in [0, 0.05) is 0 Å². The summed E-state index contributed by atoms with van der Waals surface area (Å²) in [7, 11) is 0. The molecule has 0 radical (unpaired) electrons. The van der Waals surface area contributed by atoms with E-state index < -0.39 is 17.1 Å². The summed E-state index contributed by atoms with van der Waals surface area (Å²) in [6.45, 7) is 0.364. The fourth-order valence-corrected chi connectivity index (χ4v) is 1.95. The van der Waals surface area contributed by atoms with E-state index in [1.54, 1.807) is 12.1 Å². The van der Waals surface area contributed by atoms with Crippen molar-refractivity contribution in [3.63, 3.8) is 0 Å². The number of nitrogens with two attached hydrogens (primary N) is 1. The number of ether oxygens (including phenoxy) is 1. The minimum atomic E-state index is -0.808. The Morgan fingerprint density at radius 1 is 1.17 bits per heavy atom. The molecule has 1 unspecified atom stereocenters. The first-order valence-electron chi connectivity index (χ1n) is 7.46. The van der Waals surface area contributed by atoms with Gasteiger partial charge in [-0.1, -0.05) is 18.6 Å². The van der Waals surface area contributed by atoms with Gasteiger partial charge < -0.3 is 20.4 Å². The topological polar surface area (TPSA) is 125 Å². The van der Waals surface area contributed by atoms with Crippen LogP contribution in [0.1, 0.15) is 31.2 Å². The second-order valence-electron chi connectivity index (χ2n) is 5.12. The third kappa shape index (κ3) is 8.62. The Hall–Kier alpha value is -2.35. The van der Waals surface area contributed by atoms with E-state index in [2.05, 4.69) is 4.84 Å². The molecule has 0 saturated carbocycles. The number of benzene rings is 1. The molecule has 8 heteroatoms. The number of hydrogen-bond acceptors (Lipinski definition) is 7. The van der Waals surface area contributed by atoms with Crippen LogP contribution in [0.2, 0.25) is 0 Å². The van der Waals surface area contributed by atoms with E-state index >= 15 is 0 Å². The van der Waals surface area contributed by atoms with Gasteiger partial charge in [0.2, 0.25) is 0 Å². The number of nitrogens with zero attached hydrogens (tertiary/aromatic N) is 1. The molecule has 128 valence electrons. The van der Waals surface area contributed by atoms with Crippen molar-refractivity contribution in [1.29, 1.82) is 0 Å². The monoisotopic (exact) mass is 326 g/mol. The van der Waals surface area contributed by atoms with Crippen LogP contribution in [0.4, 0.5) is 0 Å². The van der Waals surface area contributed by atoms with Crippen molar-refractivity contribution in [1.82, 2.24) is 0 Å². The molecule has 0 aliphatic carbocycles. The standard InChI is InChI=1S/C15H22N2O6/c16-14(11-12-5-7-13(18)8-6-12)15(19)22-9-3-1-2-4-10-23-17(20)21/h5-8,14,18H,1-4,9-11,16H2. The zero-order valence-corrected chi connectivity index (χ0v) is 12.8. The number of phenols is 1. The van der Waals surface area contributed by atoms with Gasteiger partial charge >= 0.3 is 5.97 Å². The first-order chi connectivity index (χ1) is 11.0. The molecule has 0 amide bonds. The number of esters is 1. The first kappa shape index (κ1) is 18.7. The molecule has 23 heavy (non-hydrogen) atoms. The number of carbonyl (C=O) groups is 1. The van der Waals surface area contributed by atoms with Crippen LogP contribution in [0.25, 0.3) is 0 Å². The lowest BCUT2D eigenvalue weighted by atomic mass is 10.1. The molecule has 1 aromatic rings. The van der Waals surface area contributed by atoms with E-state index in [9.17, 15) is 20.0 Å². The quantitative estimate of drug-likeness (QED) is 0.274. The summed E-state index contributed by atoms with van der Waals surface area (Å²) in [4.78, 5) is 25.8. The highest BCUT2D eigenvalue weighted by molar-refractivity contribution is 5.75. The Balaban J connectivity index is 2.09. The lowest BCUT2D eigenvalue weighted by Crippen LogP contribution is -2.34. The van der Waals surface area contributed by atoms with Gasteiger partial charge in [0.1, 0.15) is 11.8 Å². The van der Waals surface area contributed by atoms with Gasteiger partial charge in [-0.25, -0.2) is 0 Å². The summed E-state index contributed by atoms with van der Waals surface area (Å²) in [5.74, 6) is -0.303. The van der Waals surface area contributed by atoms with Crippen LogP contribution in [0.3, 0.4) is 0 Å². The smallest absolute Gasteiger partial charge is 0.323 e. The van der Waals surface area contributed by atoms with Crippen LogP contribution in [0.5, 0.6) is 5.75 Å². The molecule has 0 heterocycles.